The SMILES string of the molecule is C#CCCCCCC(N)C1CC1. The Morgan fingerprint density at radius 3 is 2.67 bits per heavy atom. The summed E-state index contributed by atoms with van der Waals surface area (Å²) in [5, 5.41) is 0. The Morgan fingerprint density at radius 1 is 1.33 bits per heavy atom. The Labute approximate surface area is 75.7 Å². The topological polar surface area (TPSA) is 26.0 Å². The molecule has 1 aliphatic carbocycles. The molecule has 1 nitrogen and oxygen atoms in total. The molecule has 1 heteroatoms. The molecule has 0 saturated heterocycles. The van der Waals surface area contributed by atoms with E-state index in [0.29, 0.717) is 6.04 Å². The fourth-order valence-corrected chi connectivity index (χ4v) is 1.54. The Hall–Kier alpha value is -0.480. The maximum absolute atomic E-state index is 5.95. The first-order valence-electron chi connectivity index (χ1n) is 5.03. The second kappa shape index (κ2) is 5.22. The van der Waals surface area contributed by atoms with E-state index in [4.69, 9.17) is 12.2 Å². The van der Waals surface area contributed by atoms with Crippen LogP contribution in [0.25, 0.3) is 0 Å². The van der Waals surface area contributed by atoms with Crippen LogP contribution < -0.4 is 5.73 Å². The van der Waals surface area contributed by atoms with Crippen molar-refractivity contribution in [2.45, 2.75) is 51.0 Å². The largest absolute Gasteiger partial charge is 0.327 e. The van der Waals surface area contributed by atoms with Gasteiger partial charge in [-0.05, 0) is 31.6 Å². The van der Waals surface area contributed by atoms with Gasteiger partial charge in [0.25, 0.3) is 0 Å². The van der Waals surface area contributed by atoms with Gasteiger partial charge in [-0.1, -0.05) is 12.8 Å². The van der Waals surface area contributed by atoms with Gasteiger partial charge in [0.1, 0.15) is 0 Å². The van der Waals surface area contributed by atoms with Crippen molar-refractivity contribution >= 4 is 0 Å². The van der Waals surface area contributed by atoms with Gasteiger partial charge in [-0.3, -0.25) is 0 Å². The Kier molecular flexibility index (Phi) is 4.18. The third-order valence-electron chi connectivity index (χ3n) is 2.59. The summed E-state index contributed by atoms with van der Waals surface area (Å²) in [4.78, 5) is 0. The first kappa shape index (κ1) is 9.61. The molecule has 1 atom stereocenters. The Balaban J connectivity index is 1.85. The molecule has 0 heterocycles. The third-order valence-corrected chi connectivity index (χ3v) is 2.59. The molecule has 0 aliphatic heterocycles. The van der Waals surface area contributed by atoms with Gasteiger partial charge in [-0.25, -0.2) is 0 Å². The minimum Gasteiger partial charge on any atom is -0.327 e. The maximum Gasteiger partial charge on any atom is 0.00860 e. The molecule has 68 valence electrons. The molecule has 1 unspecified atom stereocenters. The molecule has 0 aromatic carbocycles. The van der Waals surface area contributed by atoms with E-state index < -0.39 is 0 Å². The lowest BCUT2D eigenvalue weighted by atomic mass is 10.0. The van der Waals surface area contributed by atoms with Gasteiger partial charge < -0.3 is 5.73 Å². The van der Waals surface area contributed by atoms with Crippen LogP contribution in [0.2, 0.25) is 0 Å². The van der Waals surface area contributed by atoms with Crippen LogP contribution >= 0.6 is 0 Å². The maximum atomic E-state index is 5.95. The van der Waals surface area contributed by atoms with Crippen molar-refractivity contribution in [1.29, 1.82) is 0 Å². The molecule has 2 N–H and O–H groups in total. The van der Waals surface area contributed by atoms with Crippen LogP contribution in [0.3, 0.4) is 0 Å². The lowest BCUT2D eigenvalue weighted by Crippen LogP contribution is -2.21. The summed E-state index contributed by atoms with van der Waals surface area (Å²) in [7, 11) is 0. The second-order valence-electron chi connectivity index (χ2n) is 3.80. The molecule has 0 aromatic rings. The predicted octanol–water partition coefficient (Wildman–Crippen LogP) is 2.31. The van der Waals surface area contributed by atoms with Crippen molar-refractivity contribution in [3.63, 3.8) is 0 Å². The van der Waals surface area contributed by atoms with E-state index in [9.17, 15) is 0 Å². The molecule has 0 bridgehead atoms. The first-order chi connectivity index (χ1) is 5.84. The van der Waals surface area contributed by atoms with Gasteiger partial charge >= 0.3 is 0 Å². The zero-order chi connectivity index (χ0) is 8.81. The number of hydrogen-bond donors (Lipinski definition) is 1. The lowest BCUT2D eigenvalue weighted by molar-refractivity contribution is 0.510. The van der Waals surface area contributed by atoms with E-state index in [1.807, 2.05) is 0 Å². The van der Waals surface area contributed by atoms with E-state index >= 15 is 0 Å². The highest BCUT2D eigenvalue weighted by Gasteiger charge is 2.27. The minimum atomic E-state index is 0.482. The van der Waals surface area contributed by atoms with Crippen molar-refractivity contribution in [2.24, 2.45) is 11.7 Å². The van der Waals surface area contributed by atoms with Gasteiger partial charge in [0.05, 0.1) is 0 Å². The van der Waals surface area contributed by atoms with Gasteiger partial charge in [0, 0.05) is 12.5 Å². The van der Waals surface area contributed by atoms with Gasteiger partial charge in [-0.15, -0.1) is 12.3 Å². The summed E-state index contributed by atoms with van der Waals surface area (Å²) in [5.74, 6) is 3.52. The number of rotatable bonds is 6. The van der Waals surface area contributed by atoms with Crippen molar-refractivity contribution in [3.05, 3.63) is 0 Å². The molecular formula is C11H19N. The highest BCUT2D eigenvalue weighted by molar-refractivity contribution is 4.84. The minimum absolute atomic E-state index is 0.482. The van der Waals surface area contributed by atoms with E-state index in [2.05, 4.69) is 5.92 Å². The van der Waals surface area contributed by atoms with Crippen LogP contribution in [0.15, 0.2) is 0 Å². The molecule has 1 aliphatic rings. The Bertz CT molecular complexity index is 153. The smallest absolute Gasteiger partial charge is 0.00860 e. The molecule has 1 saturated carbocycles. The van der Waals surface area contributed by atoms with Crippen LogP contribution in [-0.4, -0.2) is 6.04 Å². The fourth-order valence-electron chi connectivity index (χ4n) is 1.54. The van der Waals surface area contributed by atoms with Gasteiger partial charge in [0.15, 0.2) is 0 Å². The molecule has 0 spiro atoms. The van der Waals surface area contributed by atoms with Gasteiger partial charge in [0.2, 0.25) is 0 Å². The number of nitrogens with two attached hydrogens (primary N) is 1. The van der Waals surface area contributed by atoms with E-state index in [-0.39, 0.29) is 0 Å². The zero-order valence-corrected chi connectivity index (χ0v) is 7.76. The first-order valence-corrected chi connectivity index (χ1v) is 5.03. The summed E-state index contributed by atoms with van der Waals surface area (Å²) in [6.07, 6.45) is 13.7. The summed E-state index contributed by atoms with van der Waals surface area (Å²) in [6, 6.07) is 0.482. The summed E-state index contributed by atoms with van der Waals surface area (Å²) >= 11 is 0. The fraction of sp³-hybridized carbons (Fsp3) is 0.818. The van der Waals surface area contributed by atoms with Crippen molar-refractivity contribution in [2.75, 3.05) is 0 Å². The highest BCUT2D eigenvalue weighted by Crippen LogP contribution is 2.33. The number of hydrogen-bond acceptors (Lipinski definition) is 1. The average Bonchev–Trinajstić information content (AvgIpc) is 2.86. The van der Waals surface area contributed by atoms with Crippen molar-refractivity contribution < 1.29 is 0 Å². The highest BCUT2D eigenvalue weighted by atomic mass is 14.7. The predicted molar refractivity (Wildman–Crippen MR) is 52.6 cm³/mol. The molecule has 1 rings (SSSR count). The van der Waals surface area contributed by atoms with E-state index in [0.717, 1.165) is 12.3 Å². The molecule has 0 aromatic heterocycles. The normalized spacial score (nSPS) is 18.7. The summed E-state index contributed by atoms with van der Waals surface area (Å²) in [5.41, 5.74) is 5.95. The van der Waals surface area contributed by atoms with E-state index in [1.54, 1.807) is 0 Å². The van der Waals surface area contributed by atoms with Crippen LogP contribution in [0.5, 0.6) is 0 Å². The van der Waals surface area contributed by atoms with Gasteiger partial charge in [-0.2, -0.15) is 0 Å². The van der Waals surface area contributed by atoms with Crippen LogP contribution in [0, 0.1) is 18.3 Å². The number of terminal acetylenes is 1. The van der Waals surface area contributed by atoms with Crippen LogP contribution in [0.1, 0.15) is 44.9 Å². The molecule has 0 amide bonds. The number of unbranched alkanes of at least 4 members (excludes halogenated alkanes) is 3. The Morgan fingerprint density at radius 2 is 2.08 bits per heavy atom. The molecule has 12 heavy (non-hydrogen) atoms. The monoisotopic (exact) mass is 165 g/mol. The van der Waals surface area contributed by atoms with Crippen molar-refractivity contribution in [1.82, 2.24) is 0 Å². The molecule has 1 fully saturated rings. The van der Waals surface area contributed by atoms with Crippen molar-refractivity contribution in [3.8, 4) is 12.3 Å². The lowest BCUT2D eigenvalue weighted by Gasteiger charge is -2.08. The summed E-state index contributed by atoms with van der Waals surface area (Å²) < 4.78 is 0. The van der Waals surface area contributed by atoms with Crippen LogP contribution in [-0.2, 0) is 0 Å². The summed E-state index contributed by atoms with van der Waals surface area (Å²) in [6.45, 7) is 0. The molecular weight excluding hydrogens is 146 g/mol. The third kappa shape index (κ3) is 3.78. The zero-order valence-electron chi connectivity index (χ0n) is 7.76. The molecule has 0 radical (unpaired) electrons. The second-order valence-corrected chi connectivity index (χ2v) is 3.80. The standard InChI is InChI=1S/C11H19N/c1-2-3-4-5-6-7-11(12)10-8-9-10/h1,10-11H,3-9,12H2. The quantitative estimate of drug-likeness (QED) is 0.474. The van der Waals surface area contributed by atoms with Crippen LogP contribution in [0.4, 0.5) is 0 Å². The average molecular weight is 165 g/mol. The van der Waals surface area contributed by atoms with E-state index in [1.165, 1.54) is 38.5 Å².